The van der Waals surface area contributed by atoms with Crippen molar-refractivity contribution >= 4 is 17.0 Å². The maximum Gasteiger partial charge on any atom is 0.293 e. The van der Waals surface area contributed by atoms with Crippen molar-refractivity contribution in [3.8, 4) is 0 Å². The minimum Gasteiger partial charge on any atom is -0.342 e. The molecule has 3 heterocycles. The van der Waals surface area contributed by atoms with Gasteiger partial charge in [0, 0.05) is 19.6 Å². The number of rotatable bonds is 6. The molecule has 2 aromatic carbocycles. The molecule has 158 valence electrons. The molecule has 6 nitrogen and oxygen atoms in total. The summed E-state index contributed by atoms with van der Waals surface area (Å²) in [5.41, 5.74) is 3.61. The highest BCUT2D eigenvalue weighted by Crippen LogP contribution is 2.24. The van der Waals surface area contributed by atoms with E-state index in [0.717, 1.165) is 43.9 Å². The Morgan fingerprint density at radius 2 is 1.52 bits per heavy atom. The van der Waals surface area contributed by atoms with Crippen LogP contribution in [0.5, 0.6) is 0 Å². The van der Waals surface area contributed by atoms with Crippen LogP contribution in [-0.4, -0.2) is 32.4 Å². The van der Waals surface area contributed by atoms with Gasteiger partial charge in [-0.1, -0.05) is 60.7 Å². The van der Waals surface area contributed by atoms with Gasteiger partial charge in [-0.3, -0.25) is 4.79 Å². The fourth-order valence-corrected chi connectivity index (χ4v) is 4.36. The zero-order valence-corrected chi connectivity index (χ0v) is 17.7. The average molecular weight is 414 g/mol. The van der Waals surface area contributed by atoms with Crippen molar-refractivity contribution in [2.45, 2.75) is 38.8 Å². The molecule has 0 spiro atoms. The van der Waals surface area contributed by atoms with Gasteiger partial charge in [0.1, 0.15) is 11.0 Å². The van der Waals surface area contributed by atoms with Gasteiger partial charge in [0.2, 0.25) is 5.95 Å². The molecule has 1 fully saturated rings. The molecule has 2 aromatic heterocycles. The van der Waals surface area contributed by atoms with E-state index in [1.54, 1.807) is 10.9 Å². The summed E-state index contributed by atoms with van der Waals surface area (Å²) in [5.74, 6) is 0.887. The number of imidazole rings is 1. The number of hydrogen-bond donors (Lipinski definition) is 0. The van der Waals surface area contributed by atoms with Crippen LogP contribution < -0.4 is 10.5 Å². The molecule has 0 aliphatic carbocycles. The van der Waals surface area contributed by atoms with Gasteiger partial charge >= 0.3 is 0 Å². The lowest BCUT2D eigenvalue weighted by Gasteiger charge is -2.28. The molecule has 0 bridgehead atoms. The van der Waals surface area contributed by atoms with Crippen molar-refractivity contribution in [1.82, 2.24) is 19.3 Å². The molecule has 31 heavy (non-hydrogen) atoms. The Balaban J connectivity index is 1.56. The summed E-state index contributed by atoms with van der Waals surface area (Å²) in [6, 6.07) is 20.5. The molecule has 0 N–H and O–H groups in total. The Bertz CT molecular complexity index is 1210. The number of nitrogens with zero attached hydrogens (tertiary/aromatic N) is 5. The highest BCUT2D eigenvalue weighted by molar-refractivity contribution is 5.77. The van der Waals surface area contributed by atoms with Crippen LogP contribution in [0.25, 0.3) is 11.0 Å². The molecule has 6 heteroatoms. The van der Waals surface area contributed by atoms with Gasteiger partial charge in [0.05, 0.1) is 12.7 Å². The largest absolute Gasteiger partial charge is 0.342 e. The molecule has 5 rings (SSSR count). The molecule has 0 saturated carbocycles. The van der Waals surface area contributed by atoms with E-state index in [1.807, 2.05) is 36.4 Å². The van der Waals surface area contributed by atoms with E-state index in [1.165, 1.54) is 12.0 Å². The van der Waals surface area contributed by atoms with E-state index in [0.29, 0.717) is 24.1 Å². The lowest BCUT2D eigenvalue weighted by Crippen LogP contribution is -2.32. The molecular formula is C25H27N5O. The molecule has 1 aliphatic rings. The molecule has 1 aliphatic heterocycles. The second-order valence-electron chi connectivity index (χ2n) is 8.17. The summed E-state index contributed by atoms with van der Waals surface area (Å²) >= 11 is 0. The Morgan fingerprint density at radius 1 is 0.839 bits per heavy atom. The predicted molar refractivity (Wildman–Crippen MR) is 124 cm³/mol. The highest BCUT2D eigenvalue weighted by atomic mass is 16.1. The monoisotopic (exact) mass is 413 g/mol. The summed E-state index contributed by atoms with van der Waals surface area (Å²) in [6.45, 7) is 3.14. The van der Waals surface area contributed by atoms with Crippen molar-refractivity contribution in [2.75, 3.05) is 18.0 Å². The third-order valence-electron chi connectivity index (χ3n) is 6.01. The van der Waals surface area contributed by atoms with Gasteiger partial charge in [-0.25, -0.2) is 9.67 Å². The van der Waals surface area contributed by atoms with Crippen LogP contribution in [0.3, 0.4) is 0 Å². The molecular weight excluding hydrogens is 386 g/mol. The molecule has 1 saturated heterocycles. The second-order valence-corrected chi connectivity index (χ2v) is 8.17. The Labute approximate surface area is 181 Å². The van der Waals surface area contributed by atoms with E-state index in [-0.39, 0.29) is 5.56 Å². The molecule has 0 atom stereocenters. The van der Waals surface area contributed by atoms with Gasteiger partial charge in [-0.2, -0.15) is 5.10 Å². The first-order valence-electron chi connectivity index (χ1n) is 11.1. The van der Waals surface area contributed by atoms with Gasteiger partial charge in [-0.05, 0) is 36.8 Å². The summed E-state index contributed by atoms with van der Waals surface area (Å²) in [5, 5.41) is 4.44. The second kappa shape index (κ2) is 8.76. The van der Waals surface area contributed by atoms with Crippen molar-refractivity contribution in [2.24, 2.45) is 0 Å². The van der Waals surface area contributed by atoms with Crippen LogP contribution >= 0.6 is 0 Å². The van der Waals surface area contributed by atoms with E-state index >= 15 is 0 Å². The molecule has 0 amide bonds. The van der Waals surface area contributed by atoms with E-state index in [4.69, 9.17) is 4.98 Å². The van der Waals surface area contributed by atoms with Crippen molar-refractivity contribution < 1.29 is 0 Å². The van der Waals surface area contributed by atoms with Crippen LogP contribution in [-0.2, 0) is 19.5 Å². The minimum absolute atomic E-state index is 0.0693. The summed E-state index contributed by atoms with van der Waals surface area (Å²) in [7, 11) is 0. The number of piperidine rings is 1. The van der Waals surface area contributed by atoms with Gasteiger partial charge in [-0.15, -0.1) is 0 Å². The Morgan fingerprint density at radius 3 is 2.23 bits per heavy atom. The smallest absolute Gasteiger partial charge is 0.293 e. The average Bonchev–Trinajstić information content (AvgIpc) is 3.19. The molecule has 0 radical (unpaired) electrons. The zero-order chi connectivity index (χ0) is 21.0. The fourth-order valence-electron chi connectivity index (χ4n) is 4.36. The quantitative estimate of drug-likeness (QED) is 0.481. The number of hydrogen-bond acceptors (Lipinski definition) is 4. The van der Waals surface area contributed by atoms with Crippen molar-refractivity contribution in [3.63, 3.8) is 0 Å². The van der Waals surface area contributed by atoms with Crippen molar-refractivity contribution in [1.29, 1.82) is 0 Å². The SMILES string of the molecule is O=c1c2c(cnn1CCc1ccccc1)nc(N1CCCCC1)n2Cc1ccccc1. The van der Waals surface area contributed by atoms with Crippen LogP contribution in [0, 0.1) is 0 Å². The third kappa shape index (κ3) is 4.10. The van der Waals surface area contributed by atoms with Crippen LogP contribution in [0.15, 0.2) is 71.7 Å². The molecule has 4 aromatic rings. The standard InChI is InChI=1S/C25H27N5O/c31-24-23-22(18-26-30(24)17-14-20-10-4-1-5-11-20)27-25(28-15-8-3-9-16-28)29(23)19-21-12-6-2-7-13-21/h1-2,4-7,10-13,18H,3,8-9,14-17,19H2. The number of aryl methyl sites for hydroxylation is 2. The van der Waals surface area contributed by atoms with Gasteiger partial charge in [0.25, 0.3) is 5.56 Å². The first kappa shape index (κ1) is 19.5. The summed E-state index contributed by atoms with van der Waals surface area (Å²) in [4.78, 5) is 20.7. The predicted octanol–water partition coefficient (Wildman–Crippen LogP) is 3.87. The lowest BCUT2D eigenvalue weighted by atomic mass is 10.1. The first-order chi connectivity index (χ1) is 15.3. The van der Waals surface area contributed by atoms with Crippen LogP contribution in [0.1, 0.15) is 30.4 Å². The third-order valence-corrected chi connectivity index (χ3v) is 6.01. The van der Waals surface area contributed by atoms with E-state index < -0.39 is 0 Å². The van der Waals surface area contributed by atoms with E-state index in [2.05, 4.69) is 38.8 Å². The van der Waals surface area contributed by atoms with Gasteiger partial charge in [0.15, 0.2) is 0 Å². The number of benzene rings is 2. The fraction of sp³-hybridized carbons (Fsp3) is 0.320. The minimum atomic E-state index is -0.0693. The number of anilines is 1. The zero-order valence-electron chi connectivity index (χ0n) is 17.7. The maximum absolute atomic E-state index is 13.5. The summed E-state index contributed by atoms with van der Waals surface area (Å²) in [6.07, 6.45) is 6.09. The topological polar surface area (TPSA) is 56.0 Å². The van der Waals surface area contributed by atoms with Gasteiger partial charge < -0.3 is 9.47 Å². The van der Waals surface area contributed by atoms with Crippen LogP contribution in [0.4, 0.5) is 5.95 Å². The van der Waals surface area contributed by atoms with E-state index in [9.17, 15) is 4.79 Å². The number of fused-ring (bicyclic) bond motifs is 1. The normalized spacial score (nSPS) is 14.3. The summed E-state index contributed by atoms with van der Waals surface area (Å²) < 4.78 is 3.68. The molecule has 0 unspecified atom stereocenters. The number of aromatic nitrogens is 4. The van der Waals surface area contributed by atoms with Crippen LogP contribution in [0.2, 0.25) is 0 Å². The maximum atomic E-state index is 13.5. The lowest BCUT2D eigenvalue weighted by molar-refractivity contribution is 0.559. The van der Waals surface area contributed by atoms with Crippen molar-refractivity contribution in [3.05, 3.63) is 88.3 Å². The first-order valence-corrected chi connectivity index (χ1v) is 11.1. The Hall–Kier alpha value is -3.41. The Kier molecular flexibility index (Phi) is 5.52. The highest BCUT2D eigenvalue weighted by Gasteiger charge is 2.22.